The van der Waals surface area contributed by atoms with Gasteiger partial charge < -0.3 is 0 Å². The molecule has 3 aromatic rings. The number of hydrogen-bond acceptors (Lipinski definition) is 7. The molecule has 0 aliphatic heterocycles. The predicted molar refractivity (Wildman–Crippen MR) is 114 cm³/mol. The summed E-state index contributed by atoms with van der Waals surface area (Å²) < 4.78 is 24.3. The SMILES string of the molecule is Cc1nn(-c2cccc(Cl)c2)c(Cl)c1/C=N/Nc1ccc(S(N)(=O)=O)cc1[N+](=O)[O-]. The molecule has 0 bridgehead atoms. The lowest BCUT2D eigenvalue weighted by Gasteiger charge is -2.04. The van der Waals surface area contributed by atoms with Crippen molar-refractivity contribution < 1.29 is 13.3 Å². The Morgan fingerprint density at radius 3 is 2.63 bits per heavy atom. The molecule has 0 unspecified atom stereocenters. The van der Waals surface area contributed by atoms with Gasteiger partial charge in [-0.15, -0.1) is 0 Å². The fraction of sp³-hybridized carbons (Fsp3) is 0.0588. The van der Waals surface area contributed by atoms with E-state index in [-0.39, 0.29) is 15.7 Å². The number of hydrazone groups is 1. The van der Waals surface area contributed by atoms with Gasteiger partial charge in [-0.25, -0.2) is 18.2 Å². The monoisotopic (exact) mass is 468 g/mol. The minimum atomic E-state index is -4.09. The van der Waals surface area contributed by atoms with E-state index in [1.54, 1.807) is 31.2 Å². The third-order valence-corrected chi connectivity index (χ3v) is 5.48. The number of benzene rings is 2. The molecule has 0 spiro atoms. The maximum Gasteiger partial charge on any atom is 0.295 e. The van der Waals surface area contributed by atoms with E-state index in [0.29, 0.717) is 22.0 Å². The van der Waals surface area contributed by atoms with Crippen molar-refractivity contribution in [2.24, 2.45) is 10.2 Å². The van der Waals surface area contributed by atoms with Gasteiger partial charge in [0.05, 0.1) is 33.0 Å². The van der Waals surface area contributed by atoms with E-state index in [1.807, 2.05) is 0 Å². The molecule has 1 heterocycles. The molecule has 156 valence electrons. The van der Waals surface area contributed by atoms with E-state index in [4.69, 9.17) is 28.3 Å². The Bertz CT molecular complexity index is 1270. The van der Waals surface area contributed by atoms with Crippen LogP contribution in [0.1, 0.15) is 11.3 Å². The van der Waals surface area contributed by atoms with Gasteiger partial charge in [0.25, 0.3) is 5.69 Å². The van der Waals surface area contributed by atoms with Crippen molar-refractivity contribution in [1.29, 1.82) is 0 Å². The van der Waals surface area contributed by atoms with Gasteiger partial charge in [0, 0.05) is 11.1 Å². The second-order valence-electron chi connectivity index (χ2n) is 6.03. The summed E-state index contributed by atoms with van der Waals surface area (Å²) in [5, 5.41) is 25.4. The van der Waals surface area contributed by atoms with Crippen LogP contribution in [0.3, 0.4) is 0 Å². The van der Waals surface area contributed by atoms with Crippen LogP contribution in [0.25, 0.3) is 5.69 Å². The van der Waals surface area contributed by atoms with Crippen LogP contribution in [-0.2, 0) is 10.0 Å². The molecule has 0 amide bonds. The van der Waals surface area contributed by atoms with Crippen LogP contribution in [0.15, 0.2) is 52.5 Å². The second-order valence-corrected chi connectivity index (χ2v) is 8.39. The number of nitrogens with one attached hydrogen (secondary N) is 1. The number of nitro benzene ring substituents is 1. The lowest BCUT2D eigenvalue weighted by atomic mass is 10.3. The maximum atomic E-state index is 11.4. The number of rotatable bonds is 6. The summed E-state index contributed by atoms with van der Waals surface area (Å²) in [6.07, 6.45) is 1.35. The van der Waals surface area contributed by atoms with Gasteiger partial charge in [0.1, 0.15) is 10.8 Å². The molecule has 2 aromatic carbocycles. The van der Waals surface area contributed by atoms with Crippen molar-refractivity contribution in [3.8, 4) is 5.69 Å². The number of sulfonamides is 1. The van der Waals surface area contributed by atoms with Gasteiger partial charge in [-0.1, -0.05) is 29.3 Å². The molecule has 0 aliphatic carbocycles. The lowest BCUT2D eigenvalue weighted by Crippen LogP contribution is -2.12. The largest absolute Gasteiger partial charge is 0.295 e. The topological polar surface area (TPSA) is 146 Å². The first-order valence-electron chi connectivity index (χ1n) is 8.19. The van der Waals surface area contributed by atoms with E-state index < -0.39 is 20.6 Å². The lowest BCUT2D eigenvalue weighted by molar-refractivity contribution is -0.384. The number of aryl methyl sites for hydroxylation is 1. The van der Waals surface area contributed by atoms with Crippen molar-refractivity contribution in [2.45, 2.75) is 11.8 Å². The van der Waals surface area contributed by atoms with Gasteiger partial charge >= 0.3 is 0 Å². The predicted octanol–water partition coefficient (Wildman–Crippen LogP) is 3.49. The van der Waals surface area contributed by atoms with Gasteiger partial charge in [0.15, 0.2) is 0 Å². The Morgan fingerprint density at radius 1 is 1.27 bits per heavy atom. The second kappa shape index (κ2) is 8.40. The number of anilines is 1. The number of nitrogens with two attached hydrogens (primary N) is 1. The van der Waals surface area contributed by atoms with Crippen molar-refractivity contribution in [1.82, 2.24) is 9.78 Å². The minimum absolute atomic E-state index is 0.0281. The highest BCUT2D eigenvalue weighted by Gasteiger charge is 2.19. The molecule has 0 aliphatic rings. The Hall–Kier alpha value is -2.99. The van der Waals surface area contributed by atoms with E-state index in [1.165, 1.54) is 17.0 Å². The average molecular weight is 469 g/mol. The van der Waals surface area contributed by atoms with Crippen LogP contribution >= 0.6 is 23.2 Å². The van der Waals surface area contributed by atoms with Gasteiger partial charge in [0.2, 0.25) is 10.0 Å². The first kappa shape index (κ1) is 21.7. The van der Waals surface area contributed by atoms with Crippen molar-refractivity contribution >= 4 is 50.8 Å². The van der Waals surface area contributed by atoms with E-state index in [2.05, 4.69) is 15.6 Å². The Kier molecular flexibility index (Phi) is 6.08. The molecule has 3 N–H and O–H groups in total. The van der Waals surface area contributed by atoms with Crippen molar-refractivity contribution in [2.75, 3.05) is 5.43 Å². The Morgan fingerprint density at radius 2 is 2.00 bits per heavy atom. The number of nitrogens with zero attached hydrogens (tertiary/aromatic N) is 4. The molecule has 13 heteroatoms. The number of primary sulfonamides is 1. The molecule has 30 heavy (non-hydrogen) atoms. The summed E-state index contributed by atoms with van der Waals surface area (Å²) >= 11 is 12.4. The molecular weight excluding hydrogens is 455 g/mol. The average Bonchev–Trinajstić information content (AvgIpc) is 2.95. The molecule has 0 atom stereocenters. The van der Waals surface area contributed by atoms with E-state index in [9.17, 15) is 18.5 Å². The molecule has 0 saturated carbocycles. The molecule has 3 rings (SSSR count). The maximum absolute atomic E-state index is 11.4. The van der Waals surface area contributed by atoms with Crippen LogP contribution in [-0.4, -0.2) is 29.3 Å². The number of aromatic nitrogens is 2. The fourth-order valence-corrected chi connectivity index (χ4v) is 3.58. The number of nitro groups is 1. The van der Waals surface area contributed by atoms with Crippen LogP contribution in [0.5, 0.6) is 0 Å². The first-order valence-corrected chi connectivity index (χ1v) is 10.5. The zero-order valence-corrected chi connectivity index (χ0v) is 17.6. The third kappa shape index (κ3) is 4.60. The zero-order valence-electron chi connectivity index (χ0n) is 15.3. The highest BCUT2D eigenvalue weighted by molar-refractivity contribution is 7.89. The highest BCUT2D eigenvalue weighted by atomic mass is 35.5. The van der Waals surface area contributed by atoms with Crippen LogP contribution in [0.2, 0.25) is 10.2 Å². The Labute approximate surface area is 181 Å². The molecule has 0 radical (unpaired) electrons. The van der Waals surface area contributed by atoms with Crippen molar-refractivity contribution in [3.63, 3.8) is 0 Å². The van der Waals surface area contributed by atoms with Crippen LogP contribution in [0.4, 0.5) is 11.4 Å². The van der Waals surface area contributed by atoms with Gasteiger partial charge in [-0.3, -0.25) is 15.5 Å². The molecule has 10 nitrogen and oxygen atoms in total. The zero-order chi connectivity index (χ0) is 22.1. The van der Waals surface area contributed by atoms with Crippen molar-refractivity contribution in [3.05, 3.63) is 74.0 Å². The normalized spacial score (nSPS) is 11.7. The number of halogens is 2. The van der Waals surface area contributed by atoms with Gasteiger partial charge in [-0.05, 0) is 37.3 Å². The molecule has 0 saturated heterocycles. The molecular formula is C17H14Cl2N6O4S. The summed E-state index contributed by atoms with van der Waals surface area (Å²) in [4.78, 5) is 10.1. The van der Waals surface area contributed by atoms with Crippen LogP contribution in [0, 0.1) is 17.0 Å². The summed E-state index contributed by atoms with van der Waals surface area (Å²) in [5.41, 5.74) is 3.67. The van der Waals surface area contributed by atoms with E-state index in [0.717, 1.165) is 12.1 Å². The summed E-state index contributed by atoms with van der Waals surface area (Å²) in [6.45, 7) is 1.72. The summed E-state index contributed by atoms with van der Waals surface area (Å²) in [6, 6.07) is 10.1. The van der Waals surface area contributed by atoms with Crippen LogP contribution < -0.4 is 10.6 Å². The summed E-state index contributed by atoms with van der Waals surface area (Å²) in [5.74, 6) is 0. The van der Waals surface area contributed by atoms with Gasteiger partial charge in [-0.2, -0.15) is 10.2 Å². The fourth-order valence-electron chi connectivity index (χ4n) is 2.54. The molecule has 0 fully saturated rings. The third-order valence-electron chi connectivity index (χ3n) is 3.97. The standard InChI is InChI=1S/C17H14Cl2N6O4S/c1-10-14(17(19)24(23-10)12-4-2-3-11(18)7-12)9-21-22-15-6-5-13(30(20,28)29)8-16(15)25(26)27/h2-9,22H,1H3,(H2,20,28,29)/b21-9+. The smallest absolute Gasteiger partial charge is 0.272 e. The summed E-state index contributed by atoms with van der Waals surface area (Å²) in [7, 11) is -4.09. The molecule has 1 aromatic heterocycles. The first-order chi connectivity index (χ1) is 14.1. The minimum Gasteiger partial charge on any atom is -0.272 e. The quantitative estimate of drug-likeness (QED) is 0.321. The number of hydrogen-bond donors (Lipinski definition) is 2. The Balaban J connectivity index is 1.90. The van der Waals surface area contributed by atoms with E-state index >= 15 is 0 Å². The highest BCUT2D eigenvalue weighted by Crippen LogP contribution is 2.28.